The molecule has 0 aliphatic heterocycles. The maximum Gasteiger partial charge on any atom is 0.119 e. The van der Waals surface area contributed by atoms with Gasteiger partial charge in [0.1, 0.15) is 5.75 Å². The van der Waals surface area contributed by atoms with E-state index in [2.05, 4.69) is 18.2 Å². The standard InChI is InChI=1S/C19H22O2/c1-21-18-8-4-5-14(11-18)12-19(20)17-10-9-15-6-2-3-7-16(15)13-17/h4-5,8-11,13,19-20H,2-3,6-7,12H2,1H3. The van der Waals surface area contributed by atoms with Gasteiger partial charge in [0.2, 0.25) is 0 Å². The molecule has 2 aromatic carbocycles. The van der Waals surface area contributed by atoms with Crippen LogP contribution in [0.25, 0.3) is 0 Å². The summed E-state index contributed by atoms with van der Waals surface area (Å²) in [4.78, 5) is 0. The van der Waals surface area contributed by atoms with Gasteiger partial charge in [-0.05, 0) is 60.1 Å². The fourth-order valence-electron chi connectivity index (χ4n) is 3.10. The second-order valence-corrected chi connectivity index (χ2v) is 5.81. The highest BCUT2D eigenvalue weighted by atomic mass is 16.5. The van der Waals surface area contributed by atoms with Crippen molar-refractivity contribution in [2.45, 2.75) is 38.2 Å². The Labute approximate surface area is 126 Å². The van der Waals surface area contributed by atoms with Crippen LogP contribution in [0.4, 0.5) is 0 Å². The predicted octanol–water partition coefficient (Wildman–Crippen LogP) is 3.85. The Morgan fingerprint density at radius 1 is 1.05 bits per heavy atom. The lowest BCUT2D eigenvalue weighted by Crippen LogP contribution is -2.07. The molecule has 1 unspecified atom stereocenters. The molecule has 110 valence electrons. The molecule has 0 saturated carbocycles. The highest BCUT2D eigenvalue weighted by Crippen LogP contribution is 2.27. The molecule has 0 fully saturated rings. The molecule has 1 aliphatic rings. The molecule has 2 aromatic rings. The Hall–Kier alpha value is -1.80. The first-order valence-electron chi connectivity index (χ1n) is 7.69. The molecule has 1 aliphatic carbocycles. The van der Waals surface area contributed by atoms with Crippen LogP contribution in [-0.4, -0.2) is 12.2 Å². The summed E-state index contributed by atoms with van der Waals surface area (Å²) in [7, 11) is 1.67. The average molecular weight is 282 g/mol. The SMILES string of the molecule is COc1cccc(CC(O)c2ccc3c(c2)CCCC3)c1. The van der Waals surface area contributed by atoms with E-state index in [4.69, 9.17) is 4.74 Å². The minimum absolute atomic E-state index is 0.454. The van der Waals surface area contributed by atoms with Crippen LogP contribution in [0.5, 0.6) is 5.75 Å². The van der Waals surface area contributed by atoms with Gasteiger partial charge in [0.15, 0.2) is 0 Å². The number of ether oxygens (including phenoxy) is 1. The third kappa shape index (κ3) is 3.27. The Morgan fingerprint density at radius 3 is 2.67 bits per heavy atom. The van der Waals surface area contributed by atoms with Crippen molar-refractivity contribution in [3.05, 3.63) is 64.7 Å². The Kier molecular flexibility index (Phi) is 4.26. The molecule has 2 nitrogen and oxygen atoms in total. The number of rotatable bonds is 4. The molecule has 0 spiro atoms. The van der Waals surface area contributed by atoms with Gasteiger partial charge in [0.25, 0.3) is 0 Å². The van der Waals surface area contributed by atoms with Crippen molar-refractivity contribution >= 4 is 0 Å². The maximum absolute atomic E-state index is 10.5. The normalized spacial score (nSPS) is 15.3. The van der Waals surface area contributed by atoms with E-state index in [1.165, 1.54) is 30.4 Å². The van der Waals surface area contributed by atoms with Crippen LogP contribution >= 0.6 is 0 Å². The number of aliphatic hydroxyl groups is 1. The smallest absolute Gasteiger partial charge is 0.119 e. The number of aryl methyl sites for hydroxylation is 2. The van der Waals surface area contributed by atoms with Crippen molar-refractivity contribution in [3.63, 3.8) is 0 Å². The van der Waals surface area contributed by atoms with E-state index in [1.54, 1.807) is 7.11 Å². The Bertz CT molecular complexity index is 619. The third-order valence-corrected chi connectivity index (χ3v) is 4.32. The second-order valence-electron chi connectivity index (χ2n) is 5.81. The molecular weight excluding hydrogens is 260 g/mol. The van der Waals surface area contributed by atoms with E-state index in [9.17, 15) is 5.11 Å². The Morgan fingerprint density at radius 2 is 1.86 bits per heavy atom. The van der Waals surface area contributed by atoms with Gasteiger partial charge in [0.05, 0.1) is 13.2 Å². The molecule has 2 heteroatoms. The van der Waals surface area contributed by atoms with Gasteiger partial charge in [-0.15, -0.1) is 0 Å². The summed E-state index contributed by atoms with van der Waals surface area (Å²) >= 11 is 0. The van der Waals surface area contributed by atoms with Crippen molar-refractivity contribution in [3.8, 4) is 5.75 Å². The van der Waals surface area contributed by atoms with Gasteiger partial charge < -0.3 is 9.84 Å². The number of methoxy groups -OCH3 is 1. The molecular formula is C19H22O2. The first-order chi connectivity index (χ1) is 10.3. The first-order valence-corrected chi connectivity index (χ1v) is 7.69. The van der Waals surface area contributed by atoms with Crippen LogP contribution in [0, 0.1) is 0 Å². The summed E-state index contributed by atoms with van der Waals surface area (Å²) < 4.78 is 5.23. The second kappa shape index (κ2) is 6.31. The number of hydrogen-bond acceptors (Lipinski definition) is 2. The Balaban J connectivity index is 1.76. The largest absolute Gasteiger partial charge is 0.497 e. The summed E-state index contributed by atoms with van der Waals surface area (Å²) in [5, 5.41) is 10.5. The van der Waals surface area contributed by atoms with Crippen LogP contribution in [0.2, 0.25) is 0 Å². The van der Waals surface area contributed by atoms with E-state index in [-0.39, 0.29) is 0 Å². The zero-order valence-electron chi connectivity index (χ0n) is 12.5. The van der Waals surface area contributed by atoms with E-state index in [1.807, 2.05) is 24.3 Å². The first kappa shape index (κ1) is 14.2. The fourth-order valence-corrected chi connectivity index (χ4v) is 3.10. The van der Waals surface area contributed by atoms with Gasteiger partial charge in [-0.25, -0.2) is 0 Å². The van der Waals surface area contributed by atoms with Crippen molar-refractivity contribution < 1.29 is 9.84 Å². The van der Waals surface area contributed by atoms with Crippen molar-refractivity contribution in [1.82, 2.24) is 0 Å². The van der Waals surface area contributed by atoms with Crippen LogP contribution in [0.1, 0.15) is 41.2 Å². The molecule has 0 heterocycles. The molecule has 3 rings (SSSR count). The summed E-state index contributed by atoms with van der Waals surface area (Å²) in [5.74, 6) is 0.838. The third-order valence-electron chi connectivity index (χ3n) is 4.32. The topological polar surface area (TPSA) is 29.5 Å². The summed E-state index contributed by atoms with van der Waals surface area (Å²) in [6.45, 7) is 0. The number of fused-ring (bicyclic) bond motifs is 1. The molecule has 0 radical (unpaired) electrons. The number of benzene rings is 2. The van der Waals surface area contributed by atoms with E-state index in [0.29, 0.717) is 6.42 Å². The molecule has 0 amide bonds. The number of aliphatic hydroxyl groups excluding tert-OH is 1. The van der Waals surface area contributed by atoms with Crippen molar-refractivity contribution in [2.24, 2.45) is 0 Å². The van der Waals surface area contributed by atoms with Gasteiger partial charge in [-0.1, -0.05) is 30.3 Å². The van der Waals surface area contributed by atoms with Crippen LogP contribution in [0.15, 0.2) is 42.5 Å². The quantitative estimate of drug-likeness (QED) is 0.923. The lowest BCUT2D eigenvalue weighted by molar-refractivity contribution is 0.178. The zero-order chi connectivity index (χ0) is 14.7. The van der Waals surface area contributed by atoms with Crippen LogP contribution in [0.3, 0.4) is 0 Å². The van der Waals surface area contributed by atoms with Gasteiger partial charge >= 0.3 is 0 Å². The van der Waals surface area contributed by atoms with Crippen molar-refractivity contribution in [2.75, 3.05) is 7.11 Å². The van der Waals surface area contributed by atoms with Crippen LogP contribution < -0.4 is 4.74 Å². The molecule has 21 heavy (non-hydrogen) atoms. The van der Waals surface area contributed by atoms with Crippen molar-refractivity contribution in [1.29, 1.82) is 0 Å². The molecule has 0 aromatic heterocycles. The minimum Gasteiger partial charge on any atom is -0.497 e. The average Bonchev–Trinajstić information content (AvgIpc) is 2.54. The predicted molar refractivity (Wildman–Crippen MR) is 84.7 cm³/mol. The highest BCUT2D eigenvalue weighted by Gasteiger charge is 2.14. The lowest BCUT2D eigenvalue weighted by Gasteiger charge is -2.19. The maximum atomic E-state index is 10.5. The van der Waals surface area contributed by atoms with Gasteiger partial charge in [-0.2, -0.15) is 0 Å². The molecule has 1 N–H and O–H groups in total. The number of hydrogen-bond donors (Lipinski definition) is 1. The molecule has 0 saturated heterocycles. The molecule has 1 atom stereocenters. The zero-order valence-corrected chi connectivity index (χ0v) is 12.5. The minimum atomic E-state index is -0.454. The van der Waals surface area contributed by atoms with E-state index in [0.717, 1.165) is 23.3 Å². The molecule has 0 bridgehead atoms. The van der Waals surface area contributed by atoms with E-state index < -0.39 is 6.10 Å². The summed E-state index contributed by atoms with van der Waals surface area (Å²) in [5.41, 5.74) is 5.00. The van der Waals surface area contributed by atoms with Gasteiger partial charge in [0, 0.05) is 6.42 Å². The van der Waals surface area contributed by atoms with Crippen LogP contribution in [-0.2, 0) is 19.3 Å². The summed E-state index contributed by atoms with van der Waals surface area (Å²) in [6, 6.07) is 14.4. The van der Waals surface area contributed by atoms with Gasteiger partial charge in [-0.3, -0.25) is 0 Å². The summed E-state index contributed by atoms with van der Waals surface area (Å²) in [6.07, 6.45) is 5.05. The van der Waals surface area contributed by atoms with E-state index >= 15 is 0 Å². The fraction of sp³-hybridized carbons (Fsp3) is 0.368. The highest BCUT2D eigenvalue weighted by molar-refractivity contribution is 5.36. The monoisotopic (exact) mass is 282 g/mol. The lowest BCUT2D eigenvalue weighted by atomic mass is 9.89.